The topological polar surface area (TPSA) is 77.0 Å². The normalized spacial score (nSPS) is 15.4. The molecule has 1 atom stereocenters. The third-order valence-corrected chi connectivity index (χ3v) is 2.52. The van der Waals surface area contributed by atoms with Crippen LogP contribution in [0.1, 0.15) is 26.1 Å². The molecule has 1 heterocycles. The van der Waals surface area contributed by atoms with Crippen molar-refractivity contribution in [3.8, 4) is 0 Å². The van der Waals surface area contributed by atoms with Gasteiger partial charge >= 0.3 is 0 Å². The molecule has 0 amide bonds. The van der Waals surface area contributed by atoms with E-state index in [0.29, 0.717) is 12.8 Å². The van der Waals surface area contributed by atoms with Crippen LogP contribution in [0.4, 0.5) is 0 Å². The highest BCUT2D eigenvalue weighted by atomic mass is 16.3. The van der Waals surface area contributed by atoms with Gasteiger partial charge in [0, 0.05) is 19.5 Å². The molecule has 1 rings (SSSR count). The van der Waals surface area contributed by atoms with Crippen molar-refractivity contribution in [2.24, 2.45) is 5.73 Å². The molecular weight excluding hydrogens is 180 g/mol. The number of nitrogens with zero attached hydrogens (tertiary/aromatic N) is 3. The Morgan fingerprint density at radius 1 is 1.57 bits per heavy atom. The van der Waals surface area contributed by atoms with Crippen molar-refractivity contribution in [2.75, 3.05) is 6.54 Å². The van der Waals surface area contributed by atoms with E-state index in [4.69, 9.17) is 5.73 Å². The molecule has 1 aromatic heterocycles. The fourth-order valence-electron chi connectivity index (χ4n) is 1.32. The van der Waals surface area contributed by atoms with Crippen molar-refractivity contribution in [1.29, 1.82) is 0 Å². The lowest BCUT2D eigenvalue weighted by atomic mass is 9.96. The first-order chi connectivity index (χ1) is 6.65. The molecule has 5 heteroatoms. The second-order valence-electron chi connectivity index (χ2n) is 3.45. The molecule has 0 saturated carbocycles. The fraction of sp³-hybridized carbons (Fsp3) is 0.778. The van der Waals surface area contributed by atoms with Gasteiger partial charge in [0.1, 0.15) is 12.2 Å². The molecule has 0 aromatic carbocycles. The van der Waals surface area contributed by atoms with E-state index in [-0.39, 0.29) is 6.54 Å². The Morgan fingerprint density at radius 2 is 2.29 bits per heavy atom. The summed E-state index contributed by atoms with van der Waals surface area (Å²) in [5.74, 6) is 0.794. The minimum atomic E-state index is -0.847. The van der Waals surface area contributed by atoms with Crippen molar-refractivity contribution in [3.05, 3.63) is 12.2 Å². The van der Waals surface area contributed by atoms with Gasteiger partial charge in [0.2, 0.25) is 0 Å². The molecule has 0 aliphatic carbocycles. The van der Waals surface area contributed by atoms with Crippen LogP contribution in [0.25, 0.3) is 0 Å². The number of hydrogen-bond donors (Lipinski definition) is 2. The monoisotopic (exact) mass is 198 g/mol. The highest BCUT2D eigenvalue weighted by molar-refractivity contribution is 4.94. The summed E-state index contributed by atoms with van der Waals surface area (Å²) in [5.41, 5.74) is 4.67. The molecule has 0 saturated heterocycles. The maximum absolute atomic E-state index is 10.0. The molecule has 80 valence electrons. The molecule has 0 radical (unpaired) electrons. The lowest BCUT2D eigenvalue weighted by Gasteiger charge is -2.24. The van der Waals surface area contributed by atoms with E-state index >= 15 is 0 Å². The Kier molecular flexibility index (Phi) is 3.60. The van der Waals surface area contributed by atoms with Gasteiger partial charge in [-0.05, 0) is 13.3 Å². The molecule has 0 aliphatic rings. The summed E-state index contributed by atoms with van der Waals surface area (Å²) in [6, 6.07) is 0. The molecule has 14 heavy (non-hydrogen) atoms. The van der Waals surface area contributed by atoms with E-state index < -0.39 is 5.60 Å². The maximum atomic E-state index is 10.0. The van der Waals surface area contributed by atoms with Gasteiger partial charge in [-0.2, -0.15) is 5.10 Å². The van der Waals surface area contributed by atoms with E-state index in [1.165, 1.54) is 6.33 Å². The zero-order valence-electron chi connectivity index (χ0n) is 8.77. The van der Waals surface area contributed by atoms with Gasteiger partial charge in [0.05, 0.1) is 5.60 Å². The largest absolute Gasteiger partial charge is 0.388 e. The Labute approximate surface area is 83.9 Å². The third-order valence-electron chi connectivity index (χ3n) is 2.52. The average molecular weight is 198 g/mol. The molecule has 1 unspecified atom stereocenters. The standard InChI is InChI=1S/C9H18N4O/c1-3-9(14,6-10)5-8-11-7-12-13(8)4-2/h7,14H,3-6,10H2,1-2H3. The maximum Gasteiger partial charge on any atom is 0.138 e. The summed E-state index contributed by atoms with van der Waals surface area (Å²) in [5, 5.41) is 14.1. The summed E-state index contributed by atoms with van der Waals surface area (Å²) in [6.45, 7) is 4.92. The van der Waals surface area contributed by atoms with Crippen LogP contribution >= 0.6 is 0 Å². The first-order valence-electron chi connectivity index (χ1n) is 4.94. The molecule has 1 aromatic rings. The van der Waals surface area contributed by atoms with Crippen molar-refractivity contribution in [1.82, 2.24) is 14.8 Å². The smallest absolute Gasteiger partial charge is 0.138 e. The van der Waals surface area contributed by atoms with Crippen LogP contribution in [0.2, 0.25) is 0 Å². The first kappa shape index (κ1) is 11.1. The summed E-state index contributed by atoms with van der Waals surface area (Å²) >= 11 is 0. The predicted molar refractivity (Wildman–Crippen MR) is 53.7 cm³/mol. The highest BCUT2D eigenvalue weighted by Crippen LogP contribution is 2.14. The van der Waals surface area contributed by atoms with Crippen LogP contribution < -0.4 is 5.73 Å². The lowest BCUT2D eigenvalue weighted by molar-refractivity contribution is 0.0426. The van der Waals surface area contributed by atoms with E-state index in [0.717, 1.165) is 12.4 Å². The van der Waals surface area contributed by atoms with Crippen molar-refractivity contribution >= 4 is 0 Å². The molecule has 0 bridgehead atoms. The third kappa shape index (κ3) is 2.30. The Morgan fingerprint density at radius 3 is 2.79 bits per heavy atom. The van der Waals surface area contributed by atoms with Crippen molar-refractivity contribution in [3.63, 3.8) is 0 Å². The number of nitrogens with two attached hydrogens (primary N) is 1. The number of rotatable bonds is 5. The van der Waals surface area contributed by atoms with Gasteiger partial charge in [0.25, 0.3) is 0 Å². The Balaban J connectivity index is 2.76. The summed E-state index contributed by atoms with van der Waals surface area (Å²) < 4.78 is 1.77. The molecule has 0 fully saturated rings. The zero-order valence-corrected chi connectivity index (χ0v) is 8.77. The second kappa shape index (κ2) is 4.52. The summed E-state index contributed by atoms with van der Waals surface area (Å²) in [4.78, 5) is 4.10. The Bertz CT molecular complexity index is 280. The van der Waals surface area contributed by atoms with E-state index in [9.17, 15) is 5.11 Å². The fourth-order valence-corrected chi connectivity index (χ4v) is 1.32. The molecular formula is C9H18N4O. The predicted octanol–water partition coefficient (Wildman–Crippen LogP) is -0.0597. The van der Waals surface area contributed by atoms with Crippen molar-refractivity contribution in [2.45, 2.75) is 38.8 Å². The first-order valence-corrected chi connectivity index (χ1v) is 4.94. The van der Waals surface area contributed by atoms with Gasteiger partial charge in [0.15, 0.2) is 0 Å². The molecule has 5 nitrogen and oxygen atoms in total. The quantitative estimate of drug-likeness (QED) is 0.695. The average Bonchev–Trinajstić information content (AvgIpc) is 2.65. The summed E-state index contributed by atoms with van der Waals surface area (Å²) in [6.07, 6.45) is 2.60. The van der Waals surface area contributed by atoms with Gasteiger partial charge in [-0.15, -0.1) is 0 Å². The minimum Gasteiger partial charge on any atom is -0.388 e. The van der Waals surface area contributed by atoms with Gasteiger partial charge in [-0.25, -0.2) is 4.98 Å². The van der Waals surface area contributed by atoms with Crippen molar-refractivity contribution < 1.29 is 5.11 Å². The van der Waals surface area contributed by atoms with Gasteiger partial charge in [-0.1, -0.05) is 6.92 Å². The number of hydrogen-bond acceptors (Lipinski definition) is 4. The van der Waals surface area contributed by atoms with E-state index in [2.05, 4.69) is 10.1 Å². The molecule has 0 aliphatic heterocycles. The lowest BCUT2D eigenvalue weighted by Crippen LogP contribution is -2.40. The van der Waals surface area contributed by atoms with Crippen LogP contribution in [-0.2, 0) is 13.0 Å². The highest BCUT2D eigenvalue weighted by Gasteiger charge is 2.25. The zero-order chi connectivity index (χ0) is 10.6. The van der Waals surface area contributed by atoms with E-state index in [1.54, 1.807) is 4.68 Å². The van der Waals surface area contributed by atoms with Crippen LogP contribution in [0.3, 0.4) is 0 Å². The number of aryl methyl sites for hydroxylation is 1. The van der Waals surface area contributed by atoms with Crippen LogP contribution in [0.5, 0.6) is 0 Å². The van der Waals surface area contributed by atoms with Gasteiger partial charge in [-0.3, -0.25) is 4.68 Å². The van der Waals surface area contributed by atoms with Crippen LogP contribution in [0, 0.1) is 0 Å². The molecule has 0 spiro atoms. The SMILES string of the molecule is CCn1ncnc1CC(O)(CC)CN. The minimum absolute atomic E-state index is 0.250. The van der Waals surface area contributed by atoms with E-state index in [1.807, 2.05) is 13.8 Å². The molecule has 3 N–H and O–H groups in total. The van der Waals surface area contributed by atoms with Crippen LogP contribution in [0.15, 0.2) is 6.33 Å². The summed E-state index contributed by atoms with van der Waals surface area (Å²) in [7, 11) is 0. The number of aromatic nitrogens is 3. The Hall–Kier alpha value is -0.940. The van der Waals surface area contributed by atoms with Gasteiger partial charge < -0.3 is 10.8 Å². The number of aliphatic hydroxyl groups is 1. The second-order valence-corrected chi connectivity index (χ2v) is 3.45. The van der Waals surface area contributed by atoms with Crippen LogP contribution in [-0.4, -0.2) is 32.0 Å².